The molecule has 1 aromatic carbocycles. The number of benzene rings is 1. The maximum atomic E-state index is 13.4. The Bertz CT molecular complexity index is 352. The zero-order valence-electron chi connectivity index (χ0n) is 11.3. The second kappa shape index (κ2) is 8.20. The van der Waals surface area contributed by atoms with E-state index in [2.05, 4.69) is 19.2 Å². The highest BCUT2D eigenvalue weighted by Gasteiger charge is 2.07. The molecule has 3 heteroatoms. The molecule has 0 spiro atoms. The summed E-state index contributed by atoms with van der Waals surface area (Å²) in [5, 5.41) is 3.26. The van der Waals surface area contributed by atoms with Gasteiger partial charge < -0.3 is 5.32 Å². The van der Waals surface area contributed by atoms with Crippen molar-refractivity contribution in [1.82, 2.24) is 5.32 Å². The molecule has 0 aliphatic heterocycles. The van der Waals surface area contributed by atoms with Gasteiger partial charge in [0, 0.05) is 18.2 Å². The van der Waals surface area contributed by atoms with Gasteiger partial charge in [0.25, 0.3) is 0 Å². The zero-order chi connectivity index (χ0) is 13.4. The molecule has 1 atom stereocenters. The van der Waals surface area contributed by atoms with Crippen molar-refractivity contribution in [3.63, 3.8) is 0 Å². The Kier molecular flexibility index (Phi) is 6.88. The first-order valence-corrected chi connectivity index (χ1v) is 6.82. The largest absolute Gasteiger partial charge is 0.312 e. The molecule has 0 saturated heterocycles. The summed E-state index contributed by atoms with van der Waals surface area (Å²) in [6.45, 7) is 5.73. The summed E-state index contributed by atoms with van der Waals surface area (Å²) in [5.41, 5.74) is 0.529. The van der Waals surface area contributed by atoms with E-state index in [0.717, 1.165) is 19.0 Å². The monoisotopic (exact) mass is 255 g/mol. The van der Waals surface area contributed by atoms with Crippen LogP contribution in [-0.4, -0.2) is 6.54 Å². The Morgan fingerprint density at radius 2 is 2.00 bits per heavy atom. The molecular weight excluding hydrogens is 232 g/mol. The number of hydrogen-bond acceptors (Lipinski definition) is 1. The van der Waals surface area contributed by atoms with E-state index in [1.54, 1.807) is 0 Å². The van der Waals surface area contributed by atoms with Crippen LogP contribution in [0.3, 0.4) is 0 Å². The first-order valence-electron chi connectivity index (χ1n) is 6.82. The van der Waals surface area contributed by atoms with E-state index in [1.807, 2.05) is 0 Å². The average molecular weight is 255 g/mol. The van der Waals surface area contributed by atoms with Crippen LogP contribution in [0.2, 0.25) is 0 Å². The highest BCUT2D eigenvalue weighted by molar-refractivity contribution is 5.18. The average Bonchev–Trinajstić information content (AvgIpc) is 2.36. The maximum Gasteiger partial charge on any atom is 0.130 e. The van der Waals surface area contributed by atoms with Crippen LogP contribution >= 0.6 is 0 Å². The van der Waals surface area contributed by atoms with Gasteiger partial charge in [-0.2, -0.15) is 0 Å². The van der Waals surface area contributed by atoms with Crippen LogP contribution in [0, 0.1) is 17.6 Å². The molecule has 0 aliphatic carbocycles. The minimum absolute atomic E-state index is 0.467. The molecule has 0 saturated carbocycles. The molecule has 0 bridgehead atoms. The van der Waals surface area contributed by atoms with Gasteiger partial charge in [0.1, 0.15) is 11.6 Å². The molecular formula is C15H23F2N. The summed E-state index contributed by atoms with van der Waals surface area (Å²) in [4.78, 5) is 0. The normalized spacial score (nSPS) is 12.7. The Hall–Kier alpha value is -0.960. The quantitative estimate of drug-likeness (QED) is 0.731. The first-order chi connectivity index (χ1) is 8.67. The minimum Gasteiger partial charge on any atom is -0.312 e. The Morgan fingerprint density at radius 1 is 1.22 bits per heavy atom. The molecule has 0 aromatic heterocycles. The van der Waals surface area contributed by atoms with Crippen molar-refractivity contribution in [1.29, 1.82) is 0 Å². The van der Waals surface area contributed by atoms with Crippen LogP contribution < -0.4 is 5.32 Å². The second-order valence-corrected chi connectivity index (χ2v) is 4.78. The summed E-state index contributed by atoms with van der Waals surface area (Å²) in [7, 11) is 0. The Labute approximate surface area is 109 Å². The van der Waals surface area contributed by atoms with Gasteiger partial charge in [-0.1, -0.05) is 39.2 Å². The van der Waals surface area contributed by atoms with E-state index >= 15 is 0 Å². The van der Waals surface area contributed by atoms with Gasteiger partial charge in [-0.25, -0.2) is 8.78 Å². The summed E-state index contributed by atoms with van der Waals surface area (Å²) < 4.78 is 26.1. The Morgan fingerprint density at radius 3 is 2.61 bits per heavy atom. The SMILES string of the molecule is CCCCC(CC)CNCc1ccc(F)cc1F. The molecule has 1 unspecified atom stereocenters. The molecule has 1 rings (SSSR count). The molecule has 102 valence electrons. The zero-order valence-corrected chi connectivity index (χ0v) is 11.3. The standard InChI is InChI=1S/C15H23F2N/c1-3-5-6-12(4-2)10-18-11-13-7-8-14(16)9-15(13)17/h7-9,12,18H,3-6,10-11H2,1-2H3. The first kappa shape index (κ1) is 15.1. The Balaban J connectivity index is 2.35. The van der Waals surface area contributed by atoms with E-state index in [4.69, 9.17) is 0 Å². The van der Waals surface area contributed by atoms with E-state index in [0.29, 0.717) is 18.0 Å². The predicted molar refractivity (Wildman–Crippen MR) is 71.4 cm³/mol. The van der Waals surface area contributed by atoms with Crippen LogP contribution in [0.5, 0.6) is 0 Å². The van der Waals surface area contributed by atoms with Crippen molar-refractivity contribution in [2.75, 3.05) is 6.54 Å². The number of halogens is 2. The van der Waals surface area contributed by atoms with Gasteiger partial charge in [-0.15, -0.1) is 0 Å². The van der Waals surface area contributed by atoms with E-state index in [-0.39, 0.29) is 0 Å². The molecule has 0 fully saturated rings. The third kappa shape index (κ3) is 5.13. The van der Waals surface area contributed by atoms with Crippen molar-refractivity contribution in [2.24, 2.45) is 5.92 Å². The third-order valence-electron chi connectivity index (χ3n) is 3.31. The molecule has 1 nitrogen and oxygen atoms in total. The fraction of sp³-hybridized carbons (Fsp3) is 0.600. The van der Waals surface area contributed by atoms with Gasteiger partial charge in [0.2, 0.25) is 0 Å². The maximum absolute atomic E-state index is 13.4. The summed E-state index contributed by atoms with van der Waals surface area (Å²) in [6.07, 6.45) is 4.80. The van der Waals surface area contributed by atoms with Crippen LogP contribution in [0.4, 0.5) is 8.78 Å². The molecule has 0 radical (unpaired) electrons. The van der Waals surface area contributed by atoms with Crippen LogP contribution in [0.1, 0.15) is 45.1 Å². The van der Waals surface area contributed by atoms with E-state index < -0.39 is 11.6 Å². The molecule has 0 aliphatic rings. The molecule has 0 amide bonds. The molecule has 1 N–H and O–H groups in total. The van der Waals surface area contributed by atoms with Gasteiger partial charge in [0.05, 0.1) is 0 Å². The van der Waals surface area contributed by atoms with Gasteiger partial charge in [-0.05, 0) is 24.9 Å². The van der Waals surface area contributed by atoms with Gasteiger partial charge in [0.15, 0.2) is 0 Å². The second-order valence-electron chi connectivity index (χ2n) is 4.78. The topological polar surface area (TPSA) is 12.0 Å². The highest BCUT2D eigenvalue weighted by atomic mass is 19.1. The van der Waals surface area contributed by atoms with Crippen molar-refractivity contribution in [2.45, 2.75) is 46.1 Å². The van der Waals surface area contributed by atoms with Crippen LogP contribution in [0.25, 0.3) is 0 Å². The lowest BCUT2D eigenvalue weighted by Gasteiger charge is -2.15. The highest BCUT2D eigenvalue weighted by Crippen LogP contribution is 2.13. The van der Waals surface area contributed by atoms with Crippen molar-refractivity contribution in [3.05, 3.63) is 35.4 Å². The molecule has 1 aromatic rings. The van der Waals surface area contributed by atoms with Crippen molar-refractivity contribution < 1.29 is 8.78 Å². The van der Waals surface area contributed by atoms with Gasteiger partial charge in [-0.3, -0.25) is 0 Å². The lowest BCUT2D eigenvalue weighted by atomic mass is 9.99. The van der Waals surface area contributed by atoms with Crippen LogP contribution in [0.15, 0.2) is 18.2 Å². The lowest BCUT2D eigenvalue weighted by molar-refractivity contribution is 0.416. The lowest BCUT2D eigenvalue weighted by Crippen LogP contribution is -2.22. The van der Waals surface area contributed by atoms with Crippen molar-refractivity contribution >= 4 is 0 Å². The van der Waals surface area contributed by atoms with Crippen molar-refractivity contribution in [3.8, 4) is 0 Å². The number of rotatable bonds is 8. The van der Waals surface area contributed by atoms with E-state index in [9.17, 15) is 8.78 Å². The third-order valence-corrected chi connectivity index (χ3v) is 3.31. The summed E-state index contributed by atoms with van der Waals surface area (Å²) in [6, 6.07) is 3.74. The number of unbranched alkanes of at least 4 members (excludes halogenated alkanes) is 1. The number of nitrogens with one attached hydrogen (secondary N) is 1. The fourth-order valence-corrected chi connectivity index (χ4v) is 2.02. The molecule has 18 heavy (non-hydrogen) atoms. The summed E-state index contributed by atoms with van der Waals surface area (Å²) in [5.74, 6) is -0.344. The summed E-state index contributed by atoms with van der Waals surface area (Å²) >= 11 is 0. The van der Waals surface area contributed by atoms with Crippen LogP contribution in [-0.2, 0) is 6.54 Å². The smallest absolute Gasteiger partial charge is 0.130 e. The van der Waals surface area contributed by atoms with E-state index in [1.165, 1.54) is 31.4 Å². The minimum atomic E-state index is -0.523. The number of hydrogen-bond donors (Lipinski definition) is 1. The predicted octanol–water partition coefficient (Wildman–Crippen LogP) is 4.27. The molecule has 0 heterocycles. The van der Waals surface area contributed by atoms with Gasteiger partial charge >= 0.3 is 0 Å². The fourth-order valence-electron chi connectivity index (χ4n) is 2.02.